The Labute approximate surface area is 172 Å². The number of aromatic nitrogens is 2. The van der Waals surface area contributed by atoms with E-state index in [2.05, 4.69) is 69.9 Å². The van der Waals surface area contributed by atoms with Gasteiger partial charge in [0.1, 0.15) is 0 Å². The van der Waals surface area contributed by atoms with Crippen LogP contribution in [0.2, 0.25) is 0 Å². The van der Waals surface area contributed by atoms with Crippen LogP contribution in [0.3, 0.4) is 0 Å². The lowest BCUT2D eigenvalue weighted by molar-refractivity contribution is -0.122. The third-order valence-corrected chi connectivity index (χ3v) is 6.64. The molecule has 1 amide bonds. The minimum atomic E-state index is 0.286. The number of hydrogen-bond acceptors (Lipinski definition) is 2. The van der Waals surface area contributed by atoms with E-state index >= 15 is 0 Å². The van der Waals surface area contributed by atoms with E-state index in [-0.39, 0.29) is 5.91 Å². The van der Waals surface area contributed by atoms with Gasteiger partial charge in [0.05, 0.1) is 12.0 Å². The van der Waals surface area contributed by atoms with Gasteiger partial charge in [0.25, 0.3) is 0 Å². The molecule has 1 aliphatic heterocycles. The summed E-state index contributed by atoms with van der Waals surface area (Å²) >= 11 is 0. The Morgan fingerprint density at radius 1 is 0.966 bits per heavy atom. The predicted octanol–water partition coefficient (Wildman–Crippen LogP) is 4.74. The van der Waals surface area contributed by atoms with Gasteiger partial charge in [0, 0.05) is 36.8 Å². The van der Waals surface area contributed by atoms with Gasteiger partial charge in [-0.25, -0.2) is 4.98 Å². The van der Waals surface area contributed by atoms with Crippen molar-refractivity contribution in [1.82, 2.24) is 9.55 Å². The molecular formula is C25H27N3O. The second-order valence-electron chi connectivity index (χ2n) is 8.44. The van der Waals surface area contributed by atoms with Crippen LogP contribution in [0.5, 0.6) is 0 Å². The Hall–Kier alpha value is -2.88. The van der Waals surface area contributed by atoms with E-state index in [9.17, 15) is 4.79 Å². The topological polar surface area (TPSA) is 38.1 Å². The Bertz CT molecular complexity index is 1010. The van der Waals surface area contributed by atoms with Crippen molar-refractivity contribution in [2.24, 2.45) is 5.92 Å². The normalized spacial score (nSPS) is 21.0. The number of piperidine rings is 1. The summed E-state index contributed by atoms with van der Waals surface area (Å²) in [5.74, 6) is 0.996. The summed E-state index contributed by atoms with van der Waals surface area (Å²) < 4.78 is 2.24. The summed E-state index contributed by atoms with van der Waals surface area (Å²) in [6.07, 6.45) is 7.01. The second-order valence-corrected chi connectivity index (χ2v) is 8.44. The number of amides is 1. The number of imidazole rings is 1. The summed E-state index contributed by atoms with van der Waals surface area (Å²) in [4.78, 5) is 19.1. The molecule has 148 valence electrons. The van der Waals surface area contributed by atoms with Crippen LogP contribution in [0.25, 0.3) is 0 Å². The molecule has 3 aromatic rings. The summed E-state index contributed by atoms with van der Waals surface area (Å²) in [5, 5.41) is 0. The average Bonchev–Trinajstić information content (AvgIpc) is 3.05. The van der Waals surface area contributed by atoms with E-state index in [0.29, 0.717) is 18.4 Å². The molecule has 1 saturated heterocycles. The van der Waals surface area contributed by atoms with Crippen LogP contribution in [-0.4, -0.2) is 21.5 Å². The molecule has 0 bridgehead atoms. The van der Waals surface area contributed by atoms with Crippen LogP contribution in [0.15, 0.2) is 60.9 Å². The lowest BCUT2D eigenvalue weighted by atomic mass is 9.73. The quantitative estimate of drug-likeness (QED) is 0.636. The zero-order valence-electron chi connectivity index (χ0n) is 16.9. The molecule has 0 spiro atoms. The first-order chi connectivity index (χ1) is 14.2. The second kappa shape index (κ2) is 7.51. The molecule has 0 radical (unpaired) electrons. The first-order valence-corrected chi connectivity index (χ1v) is 10.6. The van der Waals surface area contributed by atoms with Crippen molar-refractivity contribution >= 4 is 11.6 Å². The van der Waals surface area contributed by atoms with E-state index in [1.54, 1.807) is 0 Å². The fourth-order valence-corrected chi connectivity index (χ4v) is 4.80. The van der Waals surface area contributed by atoms with Gasteiger partial charge in [-0.2, -0.15) is 0 Å². The van der Waals surface area contributed by atoms with Gasteiger partial charge in [-0.05, 0) is 55.4 Å². The minimum absolute atomic E-state index is 0.286. The third-order valence-electron chi connectivity index (χ3n) is 6.64. The van der Waals surface area contributed by atoms with E-state index in [0.717, 1.165) is 37.2 Å². The first kappa shape index (κ1) is 18.2. The van der Waals surface area contributed by atoms with Crippen LogP contribution in [-0.2, 0) is 17.8 Å². The highest BCUT2D eigenvalue weighted by atomic mass is 16.2. The van der Waals surface area contributed by atoms with Gasteiger partial charge in [-0.3, -0.25) is 4.79 Å². The maximum Gasteiger partial charge on any atom is 0.227 e. The summed E-state index contributed by atoms with van der Waals surface area (Å²) in [6.45, 7) is 2.87. The van der Waals surface area contributed by atoms with Crippen molar-refractivity contribution in [1.29, 1.82) is 0 Å². The van der Waals surface area contributed by atoms with Crippen molar-refractivity contribution < 1.29 is 4.79 Å². The molecule has 2 aromatic carbocycles. The van der Waals surface area contributed by atoms with Crippen LogP contribution < -0.4 is 4.90 Å². The molecule has 1 saturated carbocycles. The maximum atomic E-state index is 12.5. The van der Waals surface area contributed by atoms with Crippen molar-refractivity contribution in [3.63, 3.8) is 0 Å². The average molecular weight is 386 g/mol. The summed E-state index contributed by atoms with van der Waals surface area (Å²) in [5.41, 5.74) is 5.92. The maximum absolute atomic E-state index is 12.5. The van der Waals surface area contributed by atoms with Gasteiger partial charge in [0.15, 0.2) is 0 Å². The van der Waals surface area contributed by atoms with E-state index in [4.69, 9.17) is 0 Å². The standard InChI is InChI=1S/C25H27N3O/c1-18-24(15-19-5-3-2-4-6-19)27(17-26-18)16-20-7-11-22(12-8-20)28-23-13-9-21(23)10-14-25(28)29/h2-8,11-12,17,21,23H,9-10,13-16H2,1H3/t21?,23-/m0/s1. The number of aryl methyl sites for hydroxylation is 1. The number of benzene rings is 2. The van der Waals surface area contributed by atoms with Gasteiger partial charge in [0.2, 0.25) is 5.91 Å². The largest absolute Gasteiger partial charge is 0.330 e. The number of fused-ring (bicyclic) bond motifs is 1. The third kappa shape index (κ3) is 3.48. The molecule has 4 nitrogen and oxygen atoms in total. The van der Waals surface area contributed by atoms with E-state index < -0.39 is 0 Å². The number of carbonyl (C=O) groups excluding carboxylic acids is 1. The Morgan fingerprint density at radius 2 is 1.76 bits per heavy atom. The smallest absolute Gasteiger partial charge is 0.227 e. The number of anilines is 1. The number of hydrogen-bond donors (Lipinski definition) is 0. The van der Waals surface area contributed by atoms with Crippen LogP contribution >= 0.6 is 0 Å². The fourth-order valence-electron chi connectivity index (χ4n) is 4.80. The zero-order valence-corrected chi connectivity index (χ0v) is 16.9. The zero-order chi connectivity index (χ0) is 19.8. The summed E-state index contributed by atoms with van der Waals surface area (Å²) in [7, 11) is 0. The molecule has 4 heteroatoms. The number of rotatable bonds is 5. The SMILES string of the molecule is Cc1ncn(Cc2ccc(N3C(=O)CCC4CC[C@@H]43)cc2)c1Cc1ccccc1. The molecule has 2 fully saturated rings. The highest BCUT2D eigenvalue weighted by Gasteiger charge is 2.42. The van der Waals surface area contributed by atoms with Gasteiger partial charge in [-0.15, -0.1) is 0 Å². The Balaban J connectivity index is 1.34. The van der Waals surface area contributed by atoms with Crippen molar-refractivity contribution in [2.75, 3.05) is 4.90 Å². The fraction of sp³-hybridized carbons (Fsp3) is 0.360. The molecule has 2 heterocycles. The molecule has 1 aliphatic carbocycles. The van der Waals surface area contributed by atoms with Crippen molar-refractivity contribution in [2.45, 2.75) is 51.6 Å². The Morgan fingerprint density at radius 3 is 2.48 bits per heavy atom. The van der Waals surface area contributed by atoms with Crippen LogP contribution in [0.1, 0.15) is 48.2 Å². The number of carbonyl (C=O) groups is 1. The first-order valence-electron chi connectivity index (χ1n) is 10.6. The molecule has 0 N–H and O–H groups in total. The highest BCUT2D eigenvalue weighted by molar-refractivity contribution is 5.95. The minimum Gasteiger partial charge on any atom is -0.330 e. The molecular weight excluding hydrogens is 358 g/mol. The van der Waals surface area contributed by atoms with E-state index in [1.807, 2.05) is 12.4 Å². The number of nitrogens with zero attached hydrogens (tertiary/aromatic N) is 3. The van der Waals surface area contributed by atoms with Gasteiger partial charge in [-0.1, -0.05) is 42.5 Å². The van der Waals surface area contributed by atoms with Crippen molar-refractivity contribution in [3.05, 3.63) is 83.4 Å². The van der Waals surface area contributed by atoms with Crippen molar-refractivity contribution in [3.8, 4) is 0 Å². The van der Waals surface area contributed by atoms with Crippen LogP contribution in [0.4, 0.5) is 5.69 Å². The highest BCUT2D eigenvalue weighted by Crippen LogP contribution is 2.41. The molecule has 1 aromatic heterocycles. The summed E-state index contributed by atoms with van der Waals surface area (Å²) in [6, 6.07) is 19.5. The molecule has 5 rings (SSSR count). The molecule has 1 unspecified atom stereocenters. The molecule has 2 aliphatic rings. The van der Waals surface area contributed by atoms with Crippen LogP contribution in [0, 0.1) is 12.8 Å². The predicted molar refractivity (Wildman–Crippen MR) is 115 cm³/mol. The van der Waals surface area contributed by atoms with Gasteiger partial charge < -0.3 is 9.47 Å². The van der Waals surface area contributed by atoms with E-state index in [1.165, 1.54) is 23.2 Å². The lowest BCUT2D eigenvalue weighted by Gasteiger charge is -2.48. The molecule has 2 atom stereocenters. The molecule has 29 heavy (non-hydrogen) atoms. The lowest BCUT2D eigenvalue weighted by Crippen LogP contribution is -2.54. The Kier molecular flexibility index (Phi) is 4.70. The van der Waals surface area contributed by atoms with Gasteiger partial charge >= 0.3 is 0 Å². The monoisotopic (exact) mass is 385 g/mol.